The van der Waals surface area contributed by atoms with E-state index in [4.69, 9.17) is 5.11 Å². The minimum absolute atomic E-state index is 0.318. The maximum absolute atomic E-state index is 8.81. The van der Waals surface area contributed by atoms with Crippen LogP contribution in [0.3, 0.4) is 0 Å². The van der Waals surface area contributed by atoms with Crippen molar-refractivity contribution in [3.8, 4) is 0 Å². The monoisotopic (exact) mass is 198 g/mol. The fraction of sp³-hybridized carbons (Fsp3) is 0.846. The van der Waals surface area contributed by atoms with Crippen molar-refractivity contribution in [3.63, 3.8) is 0 Å². The highest BCUT2D eigenvalue weighted by atomic mass is 16.3. The van der Waals surface area contributed by atoms with E-state index < -0.39 is 0 Å². The van der Waals surface area contributed by atoms with Crippen LogP contribution in [0.1, 0.15) is 58.8 Å². The first-order valence-corrected chi connectivity index (χ1v) is 6.12. The highest BCUT2D eigenvalue weighted by Gasteiger charge is 1.98. The number of allylic oxidation sites excluding steroid dienone is 2. The van der Waals surface area contributed by atoms with E-state index in [1.807, 2.05) is 0 Å². The predicted molar refractivity (Wildman–Crippen MR) is 63.4 cm³/mol. The average molecular weight is 198 g/mol. The van der Waals surface area contributed by atoms with E-state index in [0.29, 0.717) is 12.5 Å². The molecule has 0 saturated heterocycles. The molecule has 0 fully saturated rings. The van der Waals surface area contributed by atoms with E-state index in [-0.39, 0.29) is 0 Å². The summed E-state index contributed by atoms with van der Waals surface area (Å²) in [6, 6.07) is 0. The first kappa shape index (κ1) is 13.7. The summed E-state index contributed by atoms with van der Waals surface area (Å²) in [6.45, 7) is 4.74. The lowest BCUT2D eigenvalue weighted by Crippen LogP contribution is -1.97. The van der Waals surface area contributed by atoms with Gasteiger partial charge in [-0.2, -0.15) is 0 Å². The Morgan fingerprint density at radius 1 is 1.14 bits per heavy atom. The summed E-state index contributed by atoms with van der Waals surface area (Å²) in [5.74, 6) is 0.589. The maximum atomic E-state index is 8.81. The van der Waals surface area contributed by atoms with Crippen molar-refractivity contribution in [2.75, 3.05) is 6.61 Å². The molecule has 0 unspecified atom stereocenters. The molecule has 1 nitrogen and oxygen atoms in total. The van der Waals surface area contributed by atoms with Gasteiger partial charge in [0.25, 0.3) is 0 Å². The van der Waals surface area contributed by atoms with Gasteiger partial charge in [-0.05, 0) is 31.6 Å². The van der Waals surface area contributed by atoms with Crippen molar-refractivity contribution < 1.29 is 5.11 Å². The predicted octanol–water partition coefficient (Wildman–Crippen LogP) is 3.92. The molecule has 0 saturated carbocycles. The van der Waals surface area contributed by atoms with Crippen LogP contribution in [0.5, 0.6) is 0 Å². The molecular formula is C13H26O. The molecule has 0 aromatic rings. The molecule has 1 atom stereocenters. The molecule has 1 heteroatoms. The first-order chi connectivity index (χ1) is 6.85. The summed E-state index contributed by atoms with van der Waals surface area (Å²) in [5.41, 5.74) is 0. The summed E-state index contributed by atoms with van der Waals surface area (Å²) in [5, 5.41) is 8.81. The number of aliphatic hydroxyl groups excluding tert-OH is 1. The summed E-state index contributed by atoms with van der Waals surface area (Å²) in [6.07, 6.45) is 13.2. The van der Waals surface area contributed by atoms with E-state index in [1.54, 1.807) is 0 Å². The topological polar surface area (TPSA) is 20.2 Å². The Kier molecular flexibility index (Phi) is 10.5. The fourth-order valence-corrected chi connectivity index (χ4v) is 1.58. The van der Waals surface area contributed by atoms with Gasteiger partial charge in [-0.25, -0.2) is 0 Å². The molecular weight excluding hydrogens is 172 g/mol. The Labute approximate surface area is 89.2 Å². The van der Waals surface area contributed by atoms with Crippen LogP contribution in [-0.4, -0.2) is 11.7 Å². The van der Waals surface area contributed by atoms with Gasteiger partial charge >= 0.3 is 0 Å². The van der Waals surface area contributed by atoms with Crippen molar-refractivity contribution in [1.82, 2.24) is 0 Å². The molecule has 0 radical (unpaired) electrons. The molecule has 0 heterocycles. The Bertz CT molecular complexity index is 129. The fourth-order valence-electron chi connectivity index (χ4n) is 1.58. The zero-order valence-corrected chi connectivity index (χ0v) is 9.84. The largest absolute Gasteiger partial charge is 0.396 e. The van der Waals surface area contributed by atoms with Gasteiger partial charge in [0.2, 0.25) is 0 Å². The maximum Gasteiger partial charge on any atom is 0.0436 e. The lowest BCUT2D eigenvalue weighted by molar-refractivity contribution is 0.268. The Hall–Kier alpha value is -0.300. The second-order valence-electron chi connectivity index (χ2n) is 3.96. The molecule has 0 aromatic heterocycles. The van der Waals surface area contributed by atoms with E-state index in [2.05, 4.69) is 26.0 Å². The molecule has 0 aliphatic rings. The number of unbranched alkanes of at least 4 members (excludes halogenated alkanes) is 4. The van der Waals surface area contributed by atoms with Crippen molar-refractivity contribution >= 4 is 0 Å². The van der Waals surface area contributed by atoms with Gasteiger partial charge in [0.05, 0.1) is 0 Å². The van der Waals surface area contributed by atoms with Crippen LogP contribution < -0.4 is 0 Å². The molecule has 0 aromatic carbocycles. The van der Waals surface area contributed by atoms with Gasteiger partial charge in [-0.3, -0.25) is 0 Å². The molecule has 14 heavy (non-hydrogen) atoms. The Balaban J connectivity index is 3.38. The third-order valence-corrected chi connectivity index (χ3v) is 2.66. The standard InChI is InChI=1S/C13H26O/c1-3-5-6-7-8-9-10-13(4-2)11-12-14/h9-10,13-14H,3-8,11-12H2,1-2H3/b10-9+/t13-/m0/s1. The highest BCUT2D eigenvalue weighted by Crippen LogP contribution is 2.11. The zero-order chi connectivity index (χ0) is 10.6. The number of hydrogen-bond acceptors (Lipinski definition) is 1. The SMILES string of the molecule is CCCCCC/C=C/[C@H](CC)CCO. The third-order valence-electron chi connectivity index (χ3n) is 2.66. The van der Waals surface area contributed by atoms with Crippen LogP contribution in [0.4, 0.5) is 0 Å². The normalized spacial score (nSPS) is 13.6. The summed E-state index contributed by atoms with van der Waals surface area (Å²) in [4.78, 5) is 0. The van der Waals surface area contributed by atoms with Crippen molar-refractivity contribution in [1.29, 1.82) is 0 Å². The molecule has 0 bridgehead atoms. The lowest BCUT2D eigenvalue weighted by atomic mass is 10.0. The quantitative estimate of drug-likeness (QED) is 0.440. The first-order valence-electron chi connectivity index (χ1n) is 6.12. The van der Waals surface area contributed by atoms with Crippen LogP contribution in [0.2, 0.25) is 0 Å². The van der Waals surface area contributed by atoms with E-state index in [1.165, 1.54) is 32.1 Å². The lowest BCUT2D eigenvalue weighted by Gasteiger charge is -2.06. The van der Waals surface area contributed by atoms with E-state index in [0.717, 1.165) is 12.8 Å². The van der Waals surface area contributed by atoms with Gasteiger partial charge in [0.1, 0.15) is 0 Å². The van der Waals surface area contributed by atoms with Crippen LogP contribution >= 0.6 is 0 Å². The molecule has 0 spiro atoms. The van der Waals surface area contributed by atoms with Crippen molar-refractivity contribution in [3.05, 3.63) is 12.2 Å². The molecule has 0 rings (SSSR count). The Morgan fingerprint density at radius 3 is 2.50 bits per heavy atom. The summed E-state index contributed by atoms with van der Waals surface area (Å²) in [7, 11) is 0. The second-order valence-corrected chi connectivity index (χ2v) is 3.96. The third kappa shape index (κ3) is 8.31. The molecule has 84 valence electrons. The average Bonchev–Trinajstić information content (AvgIpc) is 2.21. The van der Waals surface area contributed by atoms with Crippen LogP contribution in [0.15, 0.2) is 12.2 Å². The number of rotatable bonds is 9. The van der Waals surface area contributed by atoms with Crippen LogP contribution in [0, 0.1) is 5.92 Å². The smallest absolute Gasteiger partial charge is 0.0436 e. The van der Waals surface area contributed by atoms with E-state index >= 15 is 0 Å². The van der Waals surface area contributed by atoms with Gasteiger partial charge < -0.3 is 5.11 Å². The zero-order valence-electron chi connectivity index (χ0n) is 9.84. The van der Waals surface area contributed by atoms with Gasteiger partial charge in [-0.1, -0.05) is 45.3 Å². The molecule has 0 aliphatic heterocycles. The number of aliphatic hydroxyl groups is 1. The molecule has 1 N–H and O–H groups in total. The van der Waals surface area contributed by atoms with Crippen molar-refractivity contribution in [2.45, 2.75) is 58.8 Å². The van der Waals surface area contributed by atoms with Crippen molar-refractivity contribution in [2.24, 2.45) is 5.92 Å². The minimum atomic E-state index is 0.318. The molecule has 0 amide bonds. The second kappa shape index (κ2) is 10.8. The number of hydrogen-bond donors (Lipinski definition) is 1. The summed E-state index contributed by atoms with van der Waals surface area (Å²) >= 11 is 0. The minimum Gasteiger partial charge on any atom is -0.396 e. The van der Waals surface area contributed by atoms with E-state index in [9.17, 15) is 0 Å². The highest BCUT2D eigenvalue weighted by molar-refractivity contribution is 4.87. The van der Waals surface area contributed by atoms with Gasteiger partial charge in [-0.15, -0.1) is 0 Å². The van der Waals surface area contributed by atoms with Gasteiger partial charge in [0.15, 0.2) is 0 Å². The Morgan fingerprint density at radius 2 is 1.93 bits per heavy atom. The summed E-state index contributed by atoms with van der Waals surface area (Å²) < 4.78 is 0. The molecule has 0 aliphatic carbocycles. The van der Waals surface area contributed by atoms with Crippen LogP contribution in [0.25, 0.3) is 0 Å². The van der Waals surface area contributed by atoms with Crippen LogP contribution in [-0.2, 0) is 0 Å². The van der Waals surface area contributed by atoms with Gasteiger partial charge in [0, 0.05) is 6.61 Å².